The lowest BCUT2D eigenvalue weighted by Crippen LogP contribution is -2.38. The van der Waals surface area contributed by atoms with E-state index in [0.29, 0.717) is 12.8 Å². The third-order valence-corrected chi connectivity index (χ3v) is 14.0. The van der Waals surface area contributed by atoms with Crippen molar-refractivity contribution in [1.29, 1.82) is 0 Å². The quantitative estimate of drug-likeness (QED) is 0.206. The van der Waals surface area contributed by atoms with Gasteiger partial charge in [-0.1, -0.05) is 119 Å². The van der Waals surface area contributed by atoms with Gasteiger partial charge in [0.05, 0.1) is 10.9 Å². The standard InChI is InChI=1S/C30H39S.C10H16O4S/c1-28(2,3)22-10-16-25(17-11-22)31(26-18-12-23(13-19-26)29(4,5)6)27-20-14-24(15-21-27)30(7,8)9;1-9(2)6-4-5-10(9,3)8(11)7(6)15(12,13)14/h10-21H,1-9H3;6-7H,4-5H2,1-3H3,(H,12,13,14)/q+1;/p-1. The molecular formula is C40H54O4S2. The van der Waals surface area contributed by atoms with Gasteiger partial charge in [0.15, 0.2) is 20.5 Å². The van der Waals surface area contributed by atoms with Crippen molar-refractivity contribution in [2.24, 2.45) is 16.7 Å². The maximum absolute atomic E-state index is 12.0. The largest absolute Gasteiger partial charge is 0.747 e. The number of Topliss-reactive ketones (excluding diaryl/α,β-unsaturated/α-hetero) is 1. The van der Waals surface area contributed by atoms with Crippen molar-refractivity contribution < 1.29 is 17.8 Å². The molecule has 0 heterocycles. The van der Waals surface area contributed by atoms with Crippen LogP contribution < -0.4 is 0 Å². The van der Waals surface area contributed by atoms with E-state index in [-0.39, 0.29) is 44.3 Å². The van der Waals surface area contributed by atoms with Gasteiger partial charge in [-0.15, -0.1) is 0 Å². The molecule has 2 aliphatic carbocycles. The monoisotopic (exact) mass is 662 g/mol. The van der Waals surface area contributed by atoms with Gasteiger partial charge in [0.25, 0.3) is 0 Å². The Kier molecular flexibility index (Phi) is 9.69. The van der Waals surface area contributed by atoms with E-state index in [0.717, 1.165) is 0 Å². The highest BCUT2D eigenvalue weighted by Gasteiger charge is 2.67. The van der Waals surface area contributed by atoms with Crippen LogP contribution in [0.1, 0.15) is 113 Å². The molecule has 2 fully saturated rings. The van der Waals surface area contributed by atoms with E-state index in [4.69, 9.17) is 0 Å². The summed E-state index contributed by atoms with van der Waals surface area (Å²) in [5.74, 6) is -0.656. The van der Waals surface area contributed by atoms with Crippen LogP contribution in [-0.4, -0.2) is 24.0 Å². The summed E-state index contributed by atoms with van der Waals surface area (Å²) in [6.07, 6.45) is 1.37. The Hall–Kier alpha value is -2.41. The van der Waals surface area contributed by atoms with Crippen molar-refractivity contribution in [2.75, 3.05) is 0 Å². The molecular weight excluding hydrogens is 609 g/mol. The number of hydrogen-bond acceptors (Lipinski definition) is 4. The summed E-state index contributed by atoms with van der Waals surface area (Å²) in [5, 5.41) is -1.30. The first-order valence-electron chi connectivity index (χ1n) is 16.4. The van der Waals surface area contributed by atoms with Gasteiger partial charge >= 0.3 is 0 Å². The van der Waals surface area contributed by atoms with Gasteiger partial charge in [-0.2, -0.15) is 0 Å². The van der Waals surface area contributed by atoms with Crippen LogP contribution in [-0.2, 0) is 42.1 Å². The van der Waals surface area contributed by atoms with Crippen molar-refractivity contribution in [3.8, 4) is 0 Å². The Morgan fingerprint density at radius 2 is 0.935 bits per heavy atom. The lowest BCUT2D eigenvalue weighted by Gasteiger charge is -2.32. The number of carbonyl (C=O) groups is 1. The van der Waals surface area contributed by atoms with E-state index in [9.17, 15) is 17.8 Å². The highest BCUT2D eigenvalue weighted by Crippen LogP contribution is 2.64. The van der Waals surface area contributed by atoms with Crippen LogP contribution in [0.4, 0.5) is 0 Å². The lowest BCUT2D eigenvalue weighted by atomic mass is 9.70. The molecule has 46 heavy (non-hydrogen) atoms. The third-order valence-electron chi connectivity index (χ3n) is 10.7. The van der Waals surface area contributed by atoms with Crippen LogP contribution in [0.2, 0.25) is 0 Å². The number of carbonyl (C=O) groups excluding carboxylic acids is 1. The van der Waals surface area contributed by atoms with Gasteiger partial charge in [0.1, 0.15) is 15.4 Å². The summed E-state index contributed by atoms with van der Waals surface area (Å²) >= 11 is 0. The first-order chi connectivity index (χ1) is 20.9. The predicted octanol–water partition coefficient (Wildman–Crippen LogP) is 9.60. The summed E-state index contributed by atoms with van der Waals surface area (Å²) in [6.45, 7) is 26.1. The second-order valence-electron chi connectivity index (χ2n) is 17.1. The van der Waals surface area contributed by atoms with Crippen LogP contribution in [0, 0.1) is 16.7 Å². The summed E-state index contributed by atoms with van der Waals surface area (Å²) < 4.78 is 33.3. The van der Waals surface area contributed by atoms with E-state index < -0.39 is 20.8 Å². The Bertz CT molecular complexity index is 1510. The molecule has 0 saturated heterocycles. The Morgan fingerprint density at radius 1 is 0.630 bits per heavy atom. The zero-order valence-electron chi connectivity index (χ0n) is 29.9. The molecule has 250 valence electrons. The summed E-state index contributed by atoms with van der Waals surface area (Å²) in [5.41, 5.74) is 3.65. The van der Waals surface area contributed by atoms with Gasteiger partial charge in [0, 0.05) is 5.41 Å². The molecule has 0 N–H and O–H groups in total. The second kappa shape index (κ2) is 12.2. The number of ketones is 1. The number of hydrogen-bond donors (Lipinski definition) is 0. The molecule has 2 bridgehead atoms. The zero-order valence-corrected chi connectivity index (χ0v) is 31.6. The second-order valence-corrected chi connectivity index (χ2v) is 20.6. The van der Waals surface area contributed by atoms with Gasteiger partial charge in [-0.3, -0.25) is 4.79 Å². The molecule has 2 aliphatic rings. The minimum Gasteiger partial charge on any atom is -0.747 e. The number of benzene rings is 3. The zero-order chi connectivity index (χ0) is 34.7. The molecule has 0 aliphatic heterocycles. The minimum absolute atomic E-state index is 0.120. The average molecular weight is 663 g/mol. The molecule has 0 aromatic heterocycles. The molecule has 3 atom stereocenters. The molecule has 0 amide bonds. The van der Waals surface area contributed by atoms with Crippen LogP contribution in [0.15, 0.2) is 87.5 Å². The molecule has 0 radical (unpaired) electrons. The summed E-state index contributed by atoms with van der Waals surface area (Å²) in [7, 11) is -4.61. The van der Waals surface area contributed by atoms with Crippen LogP contribution in [0.5, 0.6) is 0 Å². The van der Waals surface area contributed by atoms with E-state index in [1.807, 2.05) is 13.8 Å². The molecule has 3 aromatic carbocycles. The van der Waals surface area contributed by atoms with Crippen LogP contribution in [0.3, 0.4) is 0 Å². The molecule has 5 rings (SSSR count). The van der Waals surface area contributed by atoms with Gasteiger partial charge in [-0.05, 0) is 93.5 Å². The Morgan fingerprint density at radius 3 is 1.13 bits per heavy atom. The Labute approximate surface area is 281 Å². The SMILES string of the molecule is CC(C)(C)c1ccc([S+](c2ccc(C(C)(C)C)cc2)c2ccc(C(C)(C)C)cc2)cc1.CC12CCC(C(S(=O)(=O)[O-])C1=O)C2(C)C. The number of rotatable bonds is 4. The first kappa shape index (κ1) is 36.4. The maximum Gasteiger partial charge on any atom is 0.166 e. The molecule has 2 saturated carbocycles. The van der Waals surface area contributed by atoms with E-state index in [1.165, 1.54) is 31.4 Å². The fraction of sp³-hybridized carbons (Fsp3) is 0.525. The minimum atomic E-state index is -4.49. The summed E-state index contributed by atoms with van der Waals surface area (Å²) in [4.78, 5) is 16.1. The highest BCUT2D eigenvalue weighted by atomic mass is 32.2. The van der Waals surface area contributed by atoms with Crippen molar-refractivity contribution >= 4 is 26.8 Å². The first-order valence-corrected chi connectivity index (χ1v) is 19.1. The van der Waals surface area contributed by atoms with Crippen molar-refractivity contribution in [3.63, 3.8) is 0 Å². The van der Waals surface area contributed by atoms with E-state index in [2.05, 4.69) is 135 Å². The van der Waals surface area contributed by atoms with Crippen molar-refractivity contribution in [2.45, 2.75) is 132 Å². The van der Waals surface area contributed by atoms with Crippen LogP contribution >= 0.6 is 0 Å². The lowest BCUT2D eigenvalue weighted by molar-refractivity contribution is -0.128. The predicted molar refractivity (Wildman–Crippen MR) is 191 cm³/mol. The van der Waals surface area contributed by atoms with Gasteiger partial charge < -0.3 is 4.55 Å². The topological polar surface area (TPSA) is 74.3 Å². The van der Waals surface area contributed by atoms with E-state index >= 15 is 0 Å². The molecule has 3 aromatic rings. The smallest absolute Gasteiger partial charge is 0.166 e. The molecule has 4 nitrogen and oxygen atoms in total. The maximum atomic E-state index is 12.0. The average Bonchev–Trinajstić information content (AvgIpc) is 3.25. The Balaban J connectivity index is 0.000000266. The van der Waals surface area contributed by atoms with Gasteiger partial charge in [-0.25, -0.2) is 8.42 Å². The molecule has 0 spiro atoms. The number of fused-ring (bicyclic) bond motifs is 2. The highest BCUT2D eigenvalue weighted by molar-refractivity contribution is 7.97. The third kappa shape index (κ3) is 7.05. The summed E-state index contributed by atoms with van der Waals surface area (Å²) in [6, 6.07) is 27.8. The molecule has 6 heteroatoms. The van der Waals surface area contributed by atoms with Crippen molar-refractivity contribution in [3.05, 3.63) is 89.5 Å². The van der Waals surface area contributed by atoms with E-state index in [1.54, 1.807) is 6.92 Å². The van der Waals surface area contributed by atoms with Gasteiger partial charge in [0.2, 0.25) is 0 Å². The fourth-order valence-electron chi connectivity index (χ4n) is 7.02. The fourth-order valence-corrected chi connectivity index (χ4v) is 10.5. The molecule has 3 unspecified atom stereocenters. The normalized spacial score (nSPS) is 23.0. The van der Waals surface area contributed by atoms with Crippen molar-refractivity contribution in [1.82, 2.24) is 0 Å². The van der Waals surface area contributed by atoms with Crippen LogP contribution in [0.25, 0.3) is 0 Å².